The lowest BCUT2D eigenvalue weighted by atomic mass is 10.1. The Morgan fingerprint density at radius 2 is 1.83 bits per heavy atom. The van der Waals surface area contributed by atoms with Crippen LogP contribution in [0.3, 0.4) is 0 Å². The van der Waals surface area contributed by atoms with E-state index in [4.69, 9.17) is 0 Å². The molecular weight excluding hydrogens is 146 g/mol. The summed E-state index contributed by atoms with van der Waals surface area (Å²) in [6, 6.07) is 0. The van der Waals surface area contributed by atoms with Crippen LogP contribution >= 0.6 is 0 Å². The van der Waals surface area contributed by atoms with Gasteiger partial charge in [0.05, 0.1) is 0 Å². The van der Waals surface area contributed by atoms with Gasteiger partial charge in [-0.1, -0.05) is 25.5 Å². The third-order valence-corrected chi connectivity index (χ3v) is 2.43. The van der Waals surface area contributed by atoms with Crippen molar-refractivity contribution >= 4 is 0 Å². The van der Waals surface area contributed by atoms with Gasteiger partial charge in [-0.3, -0.25) is 0 Å². The number of hydrogen-bond donors (Lipinski definition) is 0. The van der Waals surface area contributed by atoms with Crippen molar-refractivity contribution in [3.63, 3.8) is 0 Å². The van der Waals surface area contributed by atoms with Gasteiger partial charge in [0.15, 0.2) is 0 Å². The van der Waals surface area contributed by atoms with Crippen molar-refractivity contribution in [1.29, 1.82) is 0 Å². The highest BCUT2D eigenvalue weighted by Crippen LogP contribution is 2.04. The Morgan fingerprint density at radius 1 is 1.25 bits per heavy atom. The van der Waals surface area contributed by atoms with E-state index in [0.717, 1.165) is 0 Å². The highest BCUT2D eigenvalue weighted by atomic mass is 15.1. The van der Waals surface area contributed by atoms with Crippen molar-refractivity contribution < 1.29 is 0 Å². The van der Waals surface area contributed by atoms with Gasteiger partial charge in [0.2, 0.25) is 0 Å². The number of nitrogens with zero attached hydrogens (tertiary/aromatic N) is 1. The molecule has 0 saturated carbocycles. The normalized spacial score (nSPS) is 12.6. The van der Waals surface area contributed by atoms with Gasteiger partial charge in [0, 0.05) is 0 Å². The highest BCUT2D eigenvalue weighted by molar-refractivity contribution is 4.94. The minimum atomic E-state index is 1.19. The summed E-state index contributed by atoms with van der Waals surface area (Å²) in [6.07, 6.45) is 4.77. The van der Waals surface area contributed by atoms with Crippen molar-refractivity contribution in [2.75, 3.05) is 19.6 Å². The molecule has 0 aliphatic heterocycles. The van der Waals surface area contributed by atoms with Crippen LogP contribution in [-0.4, -0.2) is 24.5 Å². The van der Waals surface area contributed by atoms with Crippen molar-refractivity contribution in [2.45, 2.75) is 40.5 Å². The van der Waals surface area contributed by atoms with Crippen LogP contribution in [0.25, 0.3) is 0 Å². The molecular formula is C11H23N. The van der Waals surface area contributed by atoms with Gasteiger partial charge in [-0.2, -0.15) is 0 Å². The smallest absolute Gasteiger partial charge is 0.00159 e. The van der Waals surface area contributed by atoms with E-state index in [2.05, 4.69) is 38.7 Å². The summed E-state index contributed by atoms with van der Waals surface area (Å²) in [4.78, 5) is 2.48. The van der Waals surface area contributed by atoms with Crippen LogP contribution in [0, 0.1) is 0 Å². The van der Waals surface area contributed by atoms with Gasteiger partial charge >= 0.3 is 0 Å². The second kappa shape index (κ2) is 7.35. The first-order chi connectivity index (χ1) is 5.74. The summed E-state index contributed by atoms with van der Waals surface area (Å²) in [6.45, 7) is 12.4. The van der Waals surface area contributed by atoms with Crippen LogP contribution in [0.2, 0.25) is 0 Å². The molecule has 0 aliphatic carbocycles. The van der Waals surface area contributed by atoms with Crippen molar-refractivity contribution in [1.82, 2.24) is 4.90 Å². The van der Waals surface area contributed by atoms with Crippen molar-refractivity contribution in [2.24, 2.45) is 0 Å². The molecule has 0 atom stereocenters. The highest BCUT2D eigenvalue weighted by Gasteiger charge is 1.97. The lowest BCUT2D eigenvalue weighted by molar-refractivity contribution is 0.300. The van der Waals surface area contributed by atoms with E-state index in [0.29, 0.717) is 0 Å². The monoisotopic (exact) mass is 169 g/mol. The summed E-state index contributed by atoms with van der Waals surface area (Å²) in [5.41, 5.74) is 1.52. The molecule has 0 bridgehead atoms. The Hall–Kier alpha value is -0.300. The van der Waals surface area contributed by atoms with Crippen LogP contribution in [-0.2, 0) is 0 Å². The fourth-order valence-electron chi connectivity index (χ4n) is 1.27. The van der Waals surface area contributed by atoms with E-state index in [1.165, 1.54) is 38.0 Å². The Morgan fingerprint density at radius 3 is 2.25 bits per heavy atom. The average molecular weight is 169 g/mol. The van der Waals surface area contributed by atoms with Crippen LogP contribution in [0.1, 0.15) is 40.5 Å². The Balaban J connectivity index is 3.41. The molecule has 1 heteroatoms. The molecule has 72 valence electrons. The molecule has 1 nitrogen and oxygen atoms in total. The first-order valence-electron chi connectivity index (χ1n) is 5.08. The minimum absolute atomic E-state index is 1.19. The fourth-order valence-corrected chi connectivity index (χ4v) is 1.27. The van der Waals surface area contributed by atoms with Gasteiger partial charge in [0.25, 0.3) is 0 Å². The Labute approximate surface area is 77.5 Å². The molecule has 0 radical (unpaired) electrons. The molecule has 0 aromatic heterocycles. The zero-order valence-corrected chi connectivity index (χ0v) is 9.06. The van der Waals surface area contributed by atoms with Crippen LogP contribution in [0.5, 0.6) is 0 Å². The lowest BCUT2D eigenvalue weighted by Crippen LogP contribution is -2.23. The van der Waals surface area contributed by atoms with Crippen molar-refractivity contribution in [3.05, 3.63) is 11.6 Å². The molecule has 0 aliphatic rings. The molecule has 0 aromatic carbocycles. The zero-order valence-electron chi connectivity index (χ0n) is 9.06. The maximum atomic E-state index is 2.48. The van der Waals surface area contributed by atoms with Crippen molar-refractivity contribution in [3.8, 4) is 0 Å². The third-order valence-electron chi connectivity index (χ3n) is 2.43. The van der Waals surface area contributed by atoms with Gasteiger partial charge in [0.1, 0.15) is 0 Å². The molecule has 0 N–H and O–H groups in total. The van der Waals surface area contributed by atoms with Crippen LogP contribution < -0.4 is 0 Å². The molecule has 0 aromatic rings. The topological polar surface area (TPSA) is 3.24 Å². The van der Waals surface area contributed by atoms with E-state index >= 15 is 0 Å². The predicted octanol–water partition coefficient (Wildman–Crippen LogP) is 3.07. The number of allylic oxidation sites excluding steroid dienone is 2. The standard InChI is InChI=1S/C11H23N/c1-5-11(4)9-8-10-12(6-2)7-3/h5H,6-10H2,1-4H3. The Kier molecular flexibility index (Phi) is 7.17. The van der Waals surface area contributed by atoms with Crippen LogP contribution in [0.15, 0.2) is 11.6 Å². The predicted molar refractivity (Wildman–Crippen MR) is 56.5 cm³/mol. The van der Waals surface area contributed by atoms with E-state index in [-0.39, 0.29) is 0 Å². The molecule has 0 rings (SSSR count). The van der Waals surface area contributed by atoms with E-state index < -0.39 is 0 Å². The van der Waals surface area contributed by atoms with Gasteiger partial charge in [-0.25, -0.2) is 0 Å². The van der Waals surface area contributed by atoms with E-state index in [1.807, 2.05) is 0 Å². The molecule has 0 fully saturated rings. The molecule has 0 saturated heterocycles. The fraction of sp³-hybridized carbons (Fsp3) is 0.818. The summed E-state index contributed by atoms with van der Waals surface area (Å²) in [7, 11) is 0. The molecule has 0 spiro atoms. The van der Waals surface area contributed by atoms with Crippen LogP contribution in [0.4, 0.5) is 0 Å². The summed E-state index contributed by atoms with van der Waals surface area (Å²) >= 11 is 0. The molecule has 0 heterocycles. The maximum absolute atomic E-state index is 2.48. The quantitative estimate of drug-likeness (QED) is 0.552. The summed E-state index contributed by atoms with van der Waals surface area (Å²) in [5, 5.41) is 0. The largest absolute Gasteiger partial charge is 0.304 e. The van der Waals surface area contributed by atoms with E-state index in [1.54, 1.807) is 0 Å². The average Bonchev–Trinajstić information content (AvgIpc) is 2.12. The zero-order chi connectivity index (χ0) is 9.40. The van der Waals surface area contributed by atoms with E-state index in [9.17, 15) is 0 Å². The number of rotatable bonds is 6. The number of hydrogen-bond acceptors (Lipinski definition) is 1. The first-order valence-corrected chi connectivity index (χ1v) is 5.08. The summed E-state index contributed by atoms with van der Waals surface area (Å²) < 4.78 is 0. The third kappa shape index (κ3) is 5.36. The van der Waals surface area contributed by atoms with Gasteiger partial charge in [-0.15, -0.1) is 0 Å². The second-order valence-corrected chi connectivity index (χ2v) is 3.27. The lowest BCUT2D eigenvalue weighted by Gasteiger charge is -2.17. The molecule has 0 unspecified atom stereocenters. The molecule has 12 heavy (non-hydrogen) atoms. The Bertz CT molecular complexity index is 123. The first kappa shape index (κ1) is 11.7. The molecule has 0 amide bonds. The van der Waals surface area contributed by atoms with Gasteiger partial charge in [-0.05, 0) is 46.3 Å². The SMILES string of the molecule is CC=C(C)CCCN(CC)CC. The maximum Gasteiger partial charge on any atom is -0.00159 e. The minimum Gasteiger partial charge on any atom is -0.304 e. The second-order valence-electron chi connectivity index (χ2n) is 3.27. The van der Waals surface area contributed by atoms with Gasteiger partial charge < -0.3 is 4.90 Å². The summed E-state index contributed by atoms with van der Waals surface area (Å²) in [5.74, 6) is 0.